The average molecular weight is 537 g/mol. The van der Waals surface area contributed by atoms with E-state index < -0.39 is 0 Å². The minimum atomic E-state index is 0.593. The summed E-state index contributed by atoms with van der Waals surface area (Å²) in [6, 6.07) is 27.1. The van der Waals surface area contributed by atoms with Gasteiger partial charge < -0.3 is 0 Å². The molecule has 0 radical (unpaired) electrons. The van der Waals surface area contributed by atoms with Crippen LogP contribution < -0.4 is 0 Å². The third-order valence-electron chi connectivity index (χ3n) is 5.36. The first-order valence-electron chi connectivity index (χ1n) is 10.7. The quantitative estimate of drug-likeness (QED) is 0.198. The van der Waals surface area contributed by atoms with Gasteiger partial charge >= 0.3 is 0 Å². The van der Waals surface area contributed by atoms with Crippen LogP contribution in [-0.2, 0) is 0 Å². The molecule has 0 aliphatic heterocycles. The molecule has 0 aliphatic carbocycles. The Kier molecular flexibility index (Phi) is 5.99. The molecule has 6 aromatic rings. The largest absolute Gasteiger partial charge is 0.143 e. The molecule has 0 saturated carbocycles. The first kappa shape index (κ1) is 21.7. The summed E-state index contributed by atoms with van der Waals surface area (Å²) in [5.74, 6) is 0.593. The van der Waals surface area contributed by atoms with Crippen molar-refractivity contribution in [3.05, 3.63) is 83.1 Å². The lowest BCUT2D eigenvalue weighted by Gasteiger charge is -1.97. The topological polar surface area (TPSA) is 0 Å². The van der Waals surface area contributed by atoms with E-state index in [9.17, 15) is 0 Å². The minimum absolute atomic E-state index is 0.593. The lowest BCUT2D eigenvalue weighted by Crippen LogP contribution is -1.77. The Balaban J connectivity index is 1.23. The van der Waals surface area contributed by atoms with E-state index in [1.165, 1.54) is 53.6 Å². The van der Waals surface area contributed by atoms with Crippen LogP contribution >= 0.6 is 68.0 Å². The summed E-state index contributed by atoms with van der Waals surface area (Å²) >= 11 is 11.3. The average Bonchev–Trinajstić information content (AvgIpc) is 3.67. The van der Waals surface area contributed by atoms with Gasteiger partial charge in [0.05, 0.1) is 0 Å². The van der Waals surface area contributed by atoms with Gasteiger partial charge in [-0.25, -0.2) is 0 Å². The van der Waals surface area contributed by atoms with Gasteiger partial charge in [-0.1, -0.05) is 19.9 Å². The first-order chi connectivity index (χ1) is 16.1. The van der Waals surface area contributed by atoms with E-state index in [1.807, 2.05) is 56.7 Å². The molecule has 0 atom stereocenters. The fraction of sp³-hybridized carbons (Fsp3) is 0.111. The standard InChI is InChI=1S/C27H20S6/c1-16(2)17-5-6-20(29-17)21-9-10-24(31-21)25-13-14-27(33-25)26-12-11-23(32-26)22-8-7-19(30-22)18-4-3-15-28-18/h3-16H,1-2H3. The van der Waals surface area contributed by atoms with E-state index in [2.05, 4.69) is 92.0 Å². The van der Waals surface area contributed by atoms with Crippen LogP contribution in [0.4, 0.5) is 0 Å². The molecule has 0 aliphatic rings. The Bertz CT molecular complexity index is 1500. The van der Waals surface area contributed by atoms with Crippen molar-refractivity contribution in [2.75, 3.05) is 0 Å². The van der Waals surface area contributed by atoms with E-state index in [4.69, 9.17) is 0 Å². The van der Waals surface area contributed by atoms with Gasteiger partial charge in [-0.3, -0.25) is 0 Å². The molecule has 0 nitrogen and oxygen atoms in total. The Morgan fingerprint density at radius 1 is 0.424 bits per heavy atom. The second-order valence-electron chi connectivity index (χ2n) is 7.99. The maximum absolute atomic E-state index is 2.28. The van der Waals surface area contributed by atoms with Crippen LogP contribution in [0.2, 0.25) is 0 Å². The Hall–Kier alpha value is -1.80. The molecule has 0 unspecified atom stereocenters. The smallest absolute Gasteiger partial charge is 0.0449 e. The summed E-state index contributed by atoms with van der Waals surface area (Å²) in [7, 11) is 0. The molecule has 33 heavy (non-hydrogen) atoms. The zero-order chi connectivity index (χ0) is 22.4. The predicted octanol–water partition coefficient (Wildman–Crippen LogP) is 11.5. The zero-order valence-electron chi connectivity index (χ0n) is 18.0. The van der Waals surface area contributed by atoms with Crippen molar-refractivity contribution in [2.24, 2.45) is 0 Å². The van der Waals surface area contributed by atoms with Gasteiger partial charge in [0.15, 0.2) is 0 Å². The van der Waals surface area contributed by atoms with E-state index >= 15 is 0 Å². The Morgan fingerprint density at radius 3 is 1.12 bits per heavy atom. The SMILES string of the molecule is CC(C)c1ccc(-c2ccc(-c3ccc(-c4ccc(-c5ccc(-c6cccs6)s5)s4)s3)s2)s1. The molecule has 0 bridgehead atoms. The third-order valence-corrected chi connectivity index (χ3v) is 12.9. The molecule has 6 heterocycles. The summed E-state index contributed by atoms with van der Waals surface area (Å²) in [6.07, 6.45) is 0. The molecule has 0 spiro atoms. The van der Waals surface area contributed by atoms with Crippen LogP contribution in [0.25, 0.3) is 48.8 Å². The summed E-state index contributed by atoms with van der Waals surface area (Å²) in [5.41, 5.74) is 0. The van der Waals surface area contributed by atoms with Crippen molar-refractivity contribution in [2.45, 2.75) is 19.8 Å². The highest BCUT2D eigenvalue weighted by Crippen LogP contribution is 2.45. The monoisotopic (exact) mass is 536 g/mol. The summed E-state index contributed by atoms with van der Waals surface area (Å²) in [5, 5.41) is 2.15. The summed E-state index contributed by atoms with van der Waals surface area (Å²) < 4.78 is 0. The lowest BCUT2D eigenvalue weighted by atomic mass is 10.2. The molecule has 6 rings (SSSR count). The molecule has 0 fully saturated rings. The van der Waals surface area contributed by atoms with Crippen LogP contribution in [0, 0.1) is 0 Å². The molecule has 0 aromatic carbocycles. The van der Waals surface area contributed by atoms with Crippen molar-refractivity contribution in [3.8, 4) is 48.8 Å². The molecular formula is C27H20S6. The van der Waals surface area contributed by atoms with E-state index in [-0.39, 0.29) is 0 Å². The highest BCUT2D eigenvalue weighted by atomic mass is 32.1. The van der Waals surface area contributed by atoms with Gasteiger partial charge in [0.25, 0.3) is 0 Å². The van der Waals surface area contributed by atoms with Gasteiger partial charge in [-0.2, -0.15) is 0 Å². The fourth-order valence-corrected chi connectivity index (χ4v) is 9.86. The first-order valence-corrected chi connectivity index (χ1v) is 15.6. The number of rotatable bonds is 6. The highest BCUT2D eigenvalue weighted by molar-refractivity contribution is 7.30. The molecule has 0 amide bonds. The van der Waals surface area contributed by atoms with E-state index in [0.29, 0.717) is 5.92 Å². The van der Waals surface area contributed by atoms with Crippen LogP contribution in [0.15, 0.2) is 78.2 Å². The maximum Gasteiger partial charge on any atom is 0.0449 e. The van der Waals surface area contributed by atoms with Crippen molar-refractivity contribution in [1.29, 1.82) is 0 Å². The van der Waals surface area contributed by atoms with Crippen LogP contribution in [0.1, 0.15) is 24.6 Å². The van der Waals surface area contributed by atoms with Crippen molar-refractivity contribution in [3.63, 3.8) is 0 Å². The second-order valence-corrected chi connectivity index (χ2v) is 14.4. The highest BCUT2D eigenvalue weighted by Gasteiger charge is 2.13. The molecular weight excluding hydrogens is 517 g/mol. The third kappa shape index (κ3) is 4.36. The van der Waals surface area contributed by atoms with Gasteiger partial charge in [0.2, 0.25) is 0 Å². The van der Waals surface area contributed by atoms with Gasteiger partial charge in [0.1, 0.15) is 0 Å². The van der Waals surface area contributed by atoms with Gasteiger partial charge in [-0.15, -0.1) is 68.0 Å². The zero-order valence-corrected chi connectivity index (χ0v) is 22.9. The summed E-state index contributed by atoms with van der Waals surface area (Å²) in [4.78, 5) is 15.0. The second kappa shape index (κ2) is 9.10. The number of hydrogen-bond acceptors (Lipinski definition) is 6. The lowest BCUT2D eigenvalue weighted by molar-refractivity contribution is 0.890. The van der Waals surface area contributed by atoms with Crippen LogP contribution in [0.5, 0.6) is 0 Å². The Morgan fingerprint density at radius 2 is 0.788 bits per heavy atom. The van der Waals surface area contributed by atoms with Crippen LogP contribution in [-0.4, -0.2) is 0 Å². The van der Waals surface area contributed by atoms with Gasteiger partial charge in [0, 0.05) is 53.6 Å². The molecule has 6 aromatic heterocycles. The summed E-state index contributed by atoms with van der Waals surface area (Å²) in [6.45, 7) is 4.53. The van der Waals surface area contributed by atoms with Crippen molar-refractivity contribution >= 4 is 68.0 Å². The Labute approximate surface area is 218 Å². The number of hydrogen-bond donors (Lipinski definition) is 0. The van der Waals surface area contributed by atoms with Crippen molar-refractivity contribution < 1.29 is 0 Å². The molecule has 164 valence electrons. The van der Waals surface area contributed by atoms with Gasteiger partial charge in [-0.05, 0) is 78.0 Å². The molecule has 0 N–H and O–H groups in total. The fourth-order valence-electron chi connectivity index (χ4n) is 3.63. The van der Waals surface area contributed by atoms with E-state index in [0.717, 1.165) is 0 Å². The van der Waals surface area contributed by atoms with Crippen molar-refractivity contribution in [1.82, 2.24) is 0 Å². The molecule has 6 heteroatoms. The molecule has 0 saturated heterocycles. The van der Waals surface area contributed by atoms with Crippen LogP contribution in [0.3, 0.4) is 0 Å². The van der Waals surface area contributed by atoms with E-state index in [1.54, 1.807) is 11.3 Å². The minimum Gasteiger partial charge on any atom is -0.143 e. The maximum atomic E-state index is 2.28. The predicted molar refractivity (Wildman–Crippen MR) is 155 cm³/mol. The normalized spacial score (nSPS) is 11.6. The number of thiophene rings is 6.